The summed E-state index contributed by atoms with van der Waals surface area (Å²) < 4.78 is 5.33. The molecule has 2 aliphatic rings. The summed E-state index contributed by atoms with van der Waals surface area (Å²) in [4.78, 5) is 19.8. The van der Waals surface area contributed by atoms with Crippen molar-refractivity contribution in [1.29, 1.82) is 0 Å². The molecule has 1 atom stereocenters. The van der Waals surface area contributed by atoms with Crippen LogP contribution in [0.1, 0.15) is 18.1 Å². The number of carbonyl (C=O) groups is 1. The van der Waals surface area contributed by atoms with Crippen LogP contribution in [-0.2, 0) is 17.8 Å². The van der Waals surface area contributed by atoms with Gasteiger partial charge in [0.25, 0.3) is 0 Å². The molecular formula is C23H29N3O2. The highest BCUT2D eigenvalue weighted by atomic mass is 16.5. The Morgan fingerprint density at radius 1 is 1.04 bits per heavy atom. The normalized spacial score (nSPS) is 20.2. The third kappa shape index (κ3) is 4.05. The van der Waals surface area contributed by atoms with Crippen molar-refractivity contribution in [2.45, 2.75) is 25.9 Å². The molecule has 1 saturated heterocycles. The highest BCUT2D eigenvalue weighted by Crippen LogP contribution is 2.34. The first-order valence-electron chi connectivity index (χ1n) is 10.1. The predicted octanol–water partition coefficient (Wildman–Crippen LogP) is 2.79. The molecule has 0 bridgehead atoms. The summed E-state index contributed by atoms with van der Waals surface area (Å²) in [6.45, 7) is 7.50. The zero-order valence-corrected chi connectivity index (χ0v) is 16.8. The van der Waals surface area contributed by atoms with Crippen LogP contribution in [0.3, 0.4) is 0 Å². The molecule has 2 aromatic carbocycles. The molecule has 5 nitrogen and oxygen atoms in total. The van der Waals surface area contributed by atoms with Gasteiger partial charge in [0, 0.05) is 44.5 Å². The lowest BCUT2D eigenvalue weighted by atomic mass is 10.1. The van der Waals surface area contributed by atoms with Crippen LogP contribution in [0.15, 0.2) is 48.5 Å². The Bertz CT molecular complexity index is 816. The second-order valence-electron chi connectivity index (χ2n) is 7.85. The van der Waals surface area contributed by atoms with Gasteiger partial charge in [0.15, 0.2) is 0 Å². The Labute approximate surface area is 167 Å². The molecule has 0 aliphatic carbocycles. The van der Waals surface area contributed by atoms with Crippen LogP contribution in [0.4, 0.5) is 5.69 Å². The molecule has 5 heteroatoms. The predicted molar refractivity (Wildman–Crippen MR) is 112 cm³/mol. The number of hydrogen-bond donors (Lipinski definition) is 0. The fraction of sp³-hybridized carbons (Fsp3) is 0.435. The van der Waals surface area contributed by atoms with Gasteiger partial charge in [0.2, 0.25) is 5.91 Å². The number of methoxy groups -OCH3 is 1. The fourth-order valence-corrected chi connectivity index (χ4v) is 4.33. The van der Waals surface area contributed by atoms with Crippen LogP contribution in [0, 0.1) is 0 Å². The Kier molecular flexibility index (Phi) is 5.64. The van der Waals surface area contributed by atoms with Crippen molar-refractivity contribution < 1.29 is 9.53 Å². The minimum Gasteiger partial charge on any atom is -0.497 e. The maximum Gasteiger partial charge on any atom is 0.241 e. The number of nitrogens with zero attached hydrogens (tertiary/aromatic N) is 3. The Hall–Kier alpha value is -2.37. The van der Waals surface area contributed by atoms with Gasteiger partial charge in [-0.25, -0.2) is 0 Å². The van der Waals surface area contributed by atoms with Crippen LogP contribution < -0.4 is 9.64 Å². The average Bonchev–Trinajstić information content (AvgIpc) is 3.05. The van der Waals surface area contributed by atoms with Crippen molar-refractivity contribution >= 4 is 11.6 Å². The smallest absolute Gasteiger partial charge is 0.241 e. The van der Waals surface area contributed by atoms with E-state index in [1.807, 2.05) is 17.0 Å². The van der Waals surface area contributed by atoms with E-state index in [9.17, 15) is 4.79 Å². The van der Waals surface area contributed by atoms with Gasteiger partial charge in [-0.1, -0.05) is 30.3 Å². The highest BCUT2D eigenvalue weighted by Gasteiger charge is 2.32. The fourth-order valence-electron chi connectivity index (χ4n) is 4.33. The van der Waals surface area contributed by atoms with E-state index in [1.54, 1.807) is 7.11 Å². The van der Waals surface area contributed by atoms with Gasteiger partial charge in [0.1, 0.15) is 5.75 Å². The van der Waals surface area contributed by atoms with Gasteiger partial charge in [0.05, 0.1) is 13.7 Å². The standard InChI is InChI=1S/C23H29N3O2/c1-18-14-20-15-21(28-2)8-9-22(20)26(18)23(27)17-25-12-10-24(11-13-25)16-19-6-4-3-5-7-19/h3-9,15,18H,10-14,16-17H2,1-2H3. The number of hydrogen-bond acceptors (Lipinski definition) is 4. The van der Waals surface area contributed by atoms with Crippen LogP contribution in [-0.4, -0.2) is 61.6 Å². The summed E-state index contributed by atoms with van der Waals surface area (Å²) >= 11 is 0. The number of ether oxygens (including phenoxy) is 1. The molecular weight excluding hydrogens is 350 g/mol. The molecule has 1 amide bonds. The lowest BCUT2D eigenvalue weighted by Crippen LogP contribution is -2.50. The zero-order chi connectivity index (χ0) is 19.5. The summed E-state index contributed by atoms with van der Waals surface area (Å²) in [6.07, 6.45) is 0.892. The first-order valence-corrected chi connectivity index (χ1v) is 10.1. The largest absolute Gasteiger partial charge is 0.497 e. The van der Waals surface area contributed by atoms with Gasteiger partial charge in [-0.15, -0.1) is 0 Å². The molecule has 0 saturated carbocycles. The van der Waals surface area contributed by atoms with E-state index in [0.717, 1.165) is 50.6 Å². The maximum atomic E-state index is 13.1. The summed E-state index contributed by atoms with van der Waals surface area (Å²) in [5.41, 5.74) is 3.60. The van der Waals surface area contributed by atoms with Crippen molar-refractivity contribution in [1.82, 2.24) is 9.80 Å². The monoisotopic (exact) mass is 379 g/mol. The molecule has 2 aliphatic heterocycles. The van der Waals surface area contributed by atoms with Crippen molar-refractivity contribution in [3.8, 4) is 5.75 Å². The van der Waals surface area contributed by atoms with Gasteiger partial charge >= 0.3 is 0 Å². The van der Waals surface area contributed by atoms with E-state index in [2.05, 4.69) is 53.1 Å². The number of carbonyl (C=O) groups excluding carboxylic acids is 1. The maximum absolute atomic E-state index is 13.1. The van der Waals surface area contributed by atoms with Gasteiger partial charge < -0.3 is 9.64 Å². The molecule has 2 heterocycles. The van der Waals surface area contributed by atoms with Crippen molar-refractivity contribution in [2.24, 2.45) is 0 Å². The van der Waals surface area contributed by atoms with Crippen molar-refractivity contribution in [2.75, 3.05) is 44.7 Å². The summed E-state index contributed by atoms with van der Waals surface area (Å²) in [6, 6.07) is 16.8. The van der Waals surface area contributed by atoms with Gasteiger partial charge in [-0.3, -0.25) is 14.6 Å². The molecule has 148 valence electrons. The molecule has 1 unspecified atom stereocenters. The average molecular weight is 380 g/mol. The minimum absolute atomic E-state index is 0.202. The second kappa shape index (κ2) is 8.33. The van der Waals surface area contributed by atoms with Crippen LogP contribution in [0.5, 0.6) is 5.75 Å². The molecule has 0 spiro atoms. The molecule has 28 heavy (non-hydrogen) atoms. The van der Waals surface area contributed by atoms with Crippen LogP contribution >= 0.6 is 0 Å². The molecule has 2 aromatic rings. The van der Waals surface area contributed by atoms with Crippen LogP contribution in [0.2, 0.25) is 0 Å². The SMILES string of the molecule is COc1ccc2c(c1)CC(C)N2C(=O)CN1CCN(Cc2ccccc2)CC1. The van der Waals surface area contributed by atoms with E-state index in [-0.39, 0.29) is 11.9 Å². The Morgan fingerprint density at radius 3 is 2.46 bits per heavy atom. The number of fused-ring (bicyclic) bond motifs is 1. The van der Waals surface area contributed by atoms with Crippen molar-refractivity contribution in [3.05, 3.63) is 59.7 Å². The Balaban J connectivity index is 1.33. The number of piperazine rings is 1. The van der Waals surface area contributed by atoms with Crippen LogP contribution in [0.25, 0.3) is 0 Å². The third-order valence-corrected chi connectivity index (χ3v) is 5.84. The molecule has 4 rings (SSSR count). The number of rotatable bonds is 5. The first kappa shape index (κ1) is 19.0. The van der Waals surface area contributed by atoms with Gasteiger partial charge in [-0.05, 0) is 42.7 Å². The molecule has 0 N–H and O–H groups in total. The van der Waals surface area contributed by atoms with Crippen molar-refractivity contribution in [3.63, 3.8) is 0 Å². The van der Waals surface area contributed by atoms with E-state index in [1.165, 1.54) is 11.1 Å². The molecule has 0 aromatic heterocycles. The van der Waals surface area contributed by atoms with E-state index < -0.39 is 0 Å². The Morgan fingerprint density at radius 2 is 1.75 bits per heavy atom. The summed E-state index contributed by atoms with van der Waals surface area (Å²) in [5, 5.41) is 0. The lowest BCUT2D eigenvalue weighted by molar-refractivity contribution is -0.120. The first-order chi connectivity index (χ1) is 13.6. The lowest BCUT2D eigenvalue weighted by Gasteiger charge is -2.35. The third-order valence-electron chi connectivity index (χ3n) is 5.84. The van der Waals surface area contributed by atoms with E-state index in [0.29, 0.717) is 6.54 Å². The molecule has 1 fully saturated rings. The van der Waals surface area contributed by atoms with E-state index in [4.69, 9.17) is 4.74 Å². The number of amides is 1. The molecule has 0 radical (unpaired) electrons. The topological polar surface area (TPSA) is 36.0 Å². The zero-order valence-electron chi connectivity index (χ0n) is 16.8. The summed E-state index contributed by atoms with van der Waals surface area (Å²) in [7, 11) is 1.68. The number of benzene rings is 2. The summed E-state index contributed by atoms with van der Waals surface area (Å²) in [5.74, 6) is 1.06. The quantitative estimate of drug-likeness (QED) is 0.800. The highest BCUT2D eigenvalue weighted by molar-refractivity contribution is 5.97. The second-order valence-corrected chi connectivity index (χ2v) is 7.85. The van der Waals surface area contributed by atoms with Gasteiger partial charge in [-0.2, -0.15) is 0 Å². The number of anilines is 1. The minimum atomic E-state index is 0.202. The van der Waals surface area contributed by atoms with E-state index >= 15 is 0 Å².